The predicted molar refractivity (Wildman–Crippen MR) is 43.0 cm³/mol. The molecule has 0 bridgehead atoms. The number of hydrogen-bond donors (Lipinski definition) is 0. The molecule has 0 unspecified atom stereocenters. The second-order valence-electron chi connectivity index (χ2n) is 2.27. The van der Waals surface area contributed by atoms with Crippen LogP contribution < -0.4 is 0 Å². The predicted octanol–water partition coefficient (Wildman–Crippen LogP) is 1.60. The van der Waals surface area contributed by atoms with Crippen molar-refractivity contribution in [1.29, 1.82) is 0 Å². The highest BCUT2D eigenvalue weighted by atomic mass is 16.5. The molecule has 2 nitrogen and oxygen atoms in total. The number of allylic oxidation sites excluding steroid dienone is 3. The third kappa shape index (κ3) is 2.42. The van der Waals surface area contributed by atoms with Gasteiger partial charge in [0.1, 0.15) is 6.61 Å². The van der Waals surface area contributed by atoms with Gasteiger partial charge in [0.05, 0.1) is 0 Å². The molecular weight excluding hydrogens is 140 g/mol. The molecule has 1 rings (SSSR count). The molecule has 0 fully saturated rings. The summed E-state index contributed by atoms with van der Waals surface area (Å²) in [6, 6.07) is 0. The van der Waals surface area contributed by atoms with E-state index in [0.29, 0.717) is 6.61 Å². The molecule has 0 saturated heterocycles. The van der Waals surface area contributed by atoms with Gasteiger partial charge >= 0.3 is 5.97 Å². The number of ether oxygens (including phenoxy) is 1. The molecule has 0 amide bonds. The Hall–Kier alpha value is -1.31. The van der Waals surface area contributed by atoms with Gasteiger partial charge in [-0.3, -0.25) is 0 Å². The molecular formula is C9H10O2. The van der Waals surface area contributed by atoms with Crippen molar-refractivity contribution < 1.29 is 9.53 Å². The minimum absolute atomic E-state index is 0.363. The largest absolute Gasteiger partial charge is 0.458 e. The van der Waals surface area contributed by atoms with Crippen molar-refractivity contribution in [2.45, 2.75) is 6.42 Å². The van der Waals surface area contributed by atoms with Crippen LogP contribution in [0.4, 0.5) is 0 Å². The first kappa shape index (κ1) is 7.79. The van der Waals surface area contributed by atoms with Crippen LogP contribution in [0.15, 0.2) is 36.5 Å². The molecule has 0 aromatic heterocycles. The summed E-state index contributed by atoms with van der Waals surface area (Å²) in [5, 5.41) is 0. The lowest BCUT2D eigenvalue weighted by molar-refractivity contribution is -0.136. The van der Waals surface area contributed by atoms with E-state index >= 15 is 0 Å². The van der Waals surface area contributed by atoms with E-state index in [9.17, 15) is 4.79 Å². The van der Waals surface area contributed by atoms with Gasteiger partial charge in [0.2, 0.25) is 0 Å². The highest BCUT2D eigenvalue weighted by molar-refractivity contribution is 5.81. The molecule has 1 aliphatic carbocycles. The lowest BCUT2D eigenvalue weighted by Crippen LogP contribution is -2.02. The van der Waals surface area contributed by atoms with Crippen LogP contribution in [0, 0.1) is 0 Å². The number of rotatable bonds is 3. The summed E-state index contributed by atoms with van der Waals surface area (Å²) >= 11 is 0. The van der Waals surface area contributed by atoms with E-state index in [-0.39, 0.29) is 5.97 Å². The zero-order valence-electron chi connectivity index (χ0n) is 6.25. The van der Waals surface area contributed by atoms with E-state index in [4.69, 9.17) is 4.74 Å². The first-order valence-electron chi connectivity index (χ1n) is 3.46. The summed E-state index contributed by atoms with van der Waals surface area (Å²) in [5.74, 6) is -0.363. The average Bonchev–Trinajstić information content (AvgIpc) is 2.52. The average molecular weight is 150 g/mol. The summed E-state index contributed by atoms with van der Waals surface area (Å²) in [6.45, 7) is 3.68. The van der Waals surface area contributed by atoms with Gasteiger partial charge in [0.25, 0.3) is 0 Å². The first-order valence-corrected chi connectivity index (χ1v) is 3.46. The van der Waals surface area contributed by atoms with Crippen molar-refractivity contribution in [2.75, 3.05) is 6.61 Å². The molecule has 0 atom stereocenters. The van der Waals surface area contributed by atoms with Gasteiger partial charge in [-0.25, -0.2) is 4.79 Å². The molecule has 0 heterocycles. The van der Waals surface area contributed by atoms with Crippen LogP contribution in [-0.4, -0.2) is 12.6 Å². The molecule has 0 radical (unpaired) electrons. The quantitative estimate of drug-likeness (QED) is 0.451. The van der Waals surface area contributed by atoms with Gasteiger partial charge in [0.15, 0.2) is 0 Å². The standard InChI is InChI=1S/C9H10O2/c1-2-9(10)11-7-8-5-3-4-6-8/h2-5H,1,6-7H2. The van der Waals surface area contributed by atoms with Crippen LogP contribution in [0.2, 0.25) is 0 Å². The fraction of sp³-hybridized carbons (Fsp3) is 0.222. The fourth-order valence-electron chi connectivity index (χ4n) is 0.821. The van der Waals surface area contributed by atoms with Gasteiger partial charge in [-0.05, 0) is 12.0 Å². The third-order valence-corrected chi connectivity index (χ3v) is 1.41. The molecule has 0 aromatic rings. The SMILES string of the molecule is C=CC(=O)OCC1=CC=CC1. The van der Waals surface area contributed by atoms with Crippen LogP contribution in [0.1, 0.15) is 6.42 Å². The van der Waals surface area contributed by atoms with E-state index in [1.54, 1.807) is 0 Å². The van der Waals surface area contributed by atoms with Crippen LogP contribution in [-0.2, 0) is 9.53 Å². The molecule has 1 aliphatic rings. The Morgan fingerprint density at radius 3 is 3.18 bits per heavy atom. The second kappa shape index (κ2) is 3.76. The lowest BCUT2D eigenvalue weighted by atomic mass is 10.2. The number of carbonyl (C=O) groups excluding carboxylic acids is 1. The zero-order valence-corrected chi connectivity index (χ0v) is 6.25. The van der Waals surface area contributed by atoms with Crippen molar-refractivity contribution in [3.8, 4) is 0 Å². The van der Waals surface area contributed by atoms with Gasteiger partial charge in [-0.2, -0.15) is 0 Å². The highest BCUT2D eigenvalue weighted by Gasteiger charge is 2.01. The van der Waals surface area contributed by atoms with Gasteiger partial charge in [0, 0.05) is 6.08 Å². The molecule has 0 aromatic carbocycles. The van der Waals surface area contributed by atoms with Crippen molar-refractivity contribution in [3.63, 3.8) is 0 Å². The first-order chi connectivity index (χ1) is 5.33. The highest BCUT2D eigenvalue weighted by Crippen LogP contribution is 2.09. The summed E-state index contributed by atoms with van der Waals surface area (Å²) in [7, 11) is 0. The smallest absolute Gasteiger partial charge is 0.330 e. The summed E-state index contributed by atoms with van der Waals surface area (Å²) < 4.78 is 4.81. The van der Waals surface area contributed by atoms with E-state index in [0.717, 1.165) is 12.0 Å². The normalized spacial score (nSPS) is 14.4. The minimum atomic E-state index is -0.363. The summed E-state index contributed by atoms with van der Waals surface area (Å²) in [5.41, 5.74) is 1.13. The van der Waals surface area contributed by atoms with Crippen LogP contribution in [0.25, 0.3) is 0 Å². The monoisotopic (exact) mass is 150 g/mol. The number of hydrogen-bond acceptors (Lipinski definition) is 2. The van der Waals surface area contributed by atoms with E-state index < -0.39 is 0 Å². The van der Waals surface area contributed by atoms with Crippen molar-refractivity contribution in [2.24, 2.45) is 0 Å². The van der Waals surface area contributed by atoms with E-state index in [1.165, 1.54) is 6.08 Å². The van der Waals surface area contributed by atoms with Gasteiger partial charge in [-0.1, -0.05) is 24.8 Å². The van der Waals surface area contributed by atoms with Crippen molar-refractivity contribution in [3.05, 3.63) is 36.5 Å². The van der Waals surface area contributed by atoms with Crippen LogP contribution in [0.5, 0.6) is 0 Å². The Morgan fingerprint density at radius 2 is 2.64 bits per heavy atom. The molecule has 0 saturated carbocycles. The Labute approximate surface area is 65.9 Å². The lowest BCUT2D eigenvalue weighted by Gasteiger charge is -2.00. The zero-order chi connectivity index (χ0) is 8.10. The van der Waals surface area contributed by atoms with E-state index in [2.05, 4.69) is 6.58 Å². The topological polar surface area (TPSA) is 26.3 Å². The Morgan fingerprint density at radius 1 is 1.82 bits per heavy atom. The molecule has 11 heavy (non-hydrogen) atoms. The molecule has 0 aliphatic heterocycles. The second-order valence-corrected chi connectivity index (χ2v) is 2.27. The van der Waals surface area contributed by atoms with Crippen LogP contribution in [0.3, 0.4) is 0 Å². The molecule has 58 valence electrons. The maximum atomic E-state index is 10.6. The third-order valence-electron chi connectivity index (χ3n) is 1.41. The fourth-order valence-corrected chi connectivity index (χ4v) is 0.821. The summed E-state index contributed by atoms with van der Waals surface area (Å²) in [6.07, 6.45) is 8.00. The van der Waals surface area contributed by atoms with Crippen molar-refractivity contribution >= 4 is 5.97 Å². The van der Waals surface area contributed by atoms with E-state index in [1.807, 2.05) is 18.2 Å². The molecule has 2 heteroatoms. The van der Waals surface area contributed by atoms with Gasteiger partial charge < -0.3 is 4.74 Å². The Balaban J connectivity index is 2.23. The van der Waals surface area contributed by atoms with Crippen LogP contribution >= 0.6 is 0 Å². The Kier molecular flexibility index (Phi) is 2.66. The number of esters is 1. The maximum absolute atomic E-state index is 10.6. The maximum Gasteiger partial charge on any atom is 0.330 e. The Bertz CT molecular complexity index is 224. The minimum Gasteiger partial charge on any atom is -0.458 e. The van der Waals surface area contributed by atoms with Crippen molar-refractivity contribution in [1.82, 2.24) is 0 Å². The molecule has 0 N–H and O–H groups in total. The number of carbonyl (C=O) groups is 1. The summed E-state index contributed by atoms with van der Waals surface area (Å²) in [4.78, 5) is 10.6. The van der Waals surface area contributed by atoms with Gasteiger partial charge in [-0.15, -0.1) is 0 Å². The molecule has 0 spiro atoms.